The fourth-order valence-electron chi connectivity index (χ4n) is 4.06. The Morgan fingerprint density at radius 2 is 1.60 bits per heavy atom. The Kier molecular flexibility index (Phi) is 6.64. The molecule has 0 fully saturated rings. The summed E-state index contributed by atoms with van der Waals surface area (Å²) < 4.78 is 46.1. The van der Waals surface area contributed by atoms with Crippen LogP contribution in [0.2, 0.25) is 0 Å². The fraction of sp³-hybridized carbons (Fsp3) is 0.185. The van der Waals surface area contributed by atoms with Gasteiger partial charge in [-0.3, -0.25) is 0 Å². The van der Waals surface area contributed by atoms with Gasteiger partial charge in [0.05, 0.1) is 11.2 Å². The van der Waals surface area contributed by atoms with Crippen LogP contribution in [-0.4, -0.2) is 22.6 Å². The van der Waals surface area contributed by atoms with E-state index in [0.717, 1.165) is 22.3 Å². The van der Waals surface area contributed by atoms with Crippen molar-refractivity contribution in [1.29, 1.82) is 0 Å². The molecule has 8 heteroatoms. The molecule has 1 aromatic heterocycles. The van der Waals surface area contributed by atoms with Crippen molar-refractivity contribution in [2.24, 2.45) is 0 Å². The highest BCUT2D eigenvalue weighted by atomic mass is 19.4. The number of pyridine rings is 1. The van der Waals surface area contributed by atoms with Gasteiger partial charge in [-0.1, -0.05) is 55.5 Å². The maximum Gasteiger partial charge on any atom is 0.573 e. The molecule has 180 valence electrons. The van der Waals surface area contributed by atoms with Crippen molar-refractivity contribution in [2.75, 3.05) is 0 Å². The second-order valence-corrected chi connectivity index (χ2v) is 8.01. The Bertz CT molecular complexity index is 1360. The Hall–Kier alpha value is -4.07. The Balaban J connectivity index is 1.64. The van der Waals surface area contributed by atoms with Gasteiger partial charge in [0.2, 0.25) is 0 Å². The van der Waals surface area contributed by atoms with Gasteiger partial charge in [0.1, 0.15) is 11.5 Å². The van der Waals surface area contributed by atoms with Crippen molar-refractivity contribution < 1.29 is 32.5 Å². The maximum absolute atomic E-state index is 12.3. The number of aromatic nitrogens is 1. The van der Waals surface area contributed by atoms with Gasteiger partial charge >= 0.3 is 12.5 Å². The maximum atomic E-state index is 12.3. The van der Waals surface area contributed by atoms with Crippen LogP contribution in [0.5, 0.6) is 11.5 Å². The van der Waals surface area contributed by atoms with Gasteiger partial charge in [0, 0.05) is 16.5 Å². The van der Waals surface area contributed by atoms with Gasteiger partial charge in [0.25, 0.3) is 0 Å². The number of aryl methyl sites for hydroxylation is 1. The van der Waals surface area contributed by atoms with Gasteiger partial charge in [-0.25, -0.2) is 9.78 Å². The smallest absolute Gasteiger partial charge is 0.449 e. The minimum Gasteiger partial charge on any atom is -0.449 e. The van der Waals surface area contributed by atoms with E-state index >= 15 is 0 Å². The number of carboxylic acid groups (broad SMARTS) is 1. The van der Waals surface area contributed by atoms with Crippen molar-refractivity contribution in [1.82, 2.24) is 4.98 Å². The zero-order valence-electron chi connectivity index (χ0n) is 19.0. The molecule has 1 N–H and O–H groups in total. The van der Waals surface area contributed by atoms with Gasteiger partial charge in [-0.15, -0.1) is 13.2 Å². The molecule has 0 aliphatic rings. The molecule has 0 radical (unpaired) electrons. The summed E-state index contributed by atoms with van der Waals surface area (Å²) in [5, 5.41) is 10.0. The average Bonchev–Trinajstić information content (AvgIpc) is 2.81. The molecule has 0 unspecified atom stereocenters. The Morgan fingerprint density at radius 3 is 2.17 bits per heavy atom. The number of benzene rings is 3. The molecular formula is C27H22F3NO4. The first-order valence-electron chi connectivity index (χ1n) is 10.9. The standard InChI is InChI=1S/C27H22F3NO4/c1-3-19-5-4-6-22-23(19)25(34-26(32)33)16(2)24(31-22)20-11-7-17(8-12-20)15-18-9-13-21(14-10-18)35-27(28,29)30/h4-14H,3,15H2,1-2H3,(H,32,33). The van der Waals surface area contributed by atoms with E-state index in [1.807, 2.05) is 49.4 Å². The molecule has 0 bridgehead atoms. The van der Waals surface area contributed by atoms with Crippen LogP contribution in [0.25, 0.3) is 22.2 Å². The summed E-state index contributed by atoms with van der Waals surface area (Å²) in [7, 11) is 0. The number of halogens is 3. The van der Waals surface area contributed by atoms with Crippen LogP contribution in [0.1, 0.15) is 29.2 Å². The molecule has 3 aromatic carbocycles. The predicted octanol–water partition coefficient (Wildman–Crippen LogP) is 7.32. The van der Waals surface area contributed by atoms with Crippen LogP contribution in [0, 0.1) is 6.92 Å². The topological polar surface area (TPSA) is 68.7 Å². The number of carbonyl (C=O) groups is 1. The molecule has 0 atom stereocenters. The zero-order valence-corrected chi connectivity index (χ0v) is 19.0. The van der Waals surface area contributed by atoms with E-state index in [0.29, 0.717) is 35.0 Å². The number of hydrogen-bond acceptors (Lipinski definition) is 4. The first-order chi connectivity index (χ1) is 16.6. The fourth-order valence-corrected chi connectivity index (χ4v) is 4.06. The summed E-state index contributed by atoms with van der Waals surface area (Å²) in [4.78, 5) is 16.2. The Labute approximate surface area is 199 Å². The van der Waals surface area contributed by atoms with Crippen molar-refractivity contribution in [3.8, 4) is 22.8 Å². The van der Waals surface area contributed by atoms with Crippen molar-refractivity contribution in [3.05, 3.63) is 89.0 Å². The molecule has 0 saturated heterocycles. The van der Waals surface area contributed by atoms with Crippen LogP contribution in [0.3, 0.4) is 0 Å². The van der Waals surface area contributed by atoms with Crippen molar-refractivity contribution >= 4 is 17.1 Å². The van der Waals surface area contributed by atoms with Gasteiger partial charge in [-0.2, -0.15) is 0 Å². The quantitative estimate of drug-likeness (QED) is 0.292. The third-order valence-electron chi connectivity index (χ3n) is 5.65. The molecule has 0 spiro atoms. The normalized spacial score (nSPS) is 11.5. The minimum absolute atomic E-state index is 0.264. The lowest BCUT2D eigenvalue weighted by Crippen LogP contribution is -2.17. The number of alkyl halides is 3. The lowest BCUT2D eigenvalue weighted by Gasteiger charge is -2.16. The highest BCUT2D eigenvalue weighted by Gasteiger charge is 2.31. The molecule has 35 heavy (non-hydrogen) atoms. The largest absolute Gasteiger partial charge is 0.573 e. The molecule has 0 saturated carbocycles. The summed E-state index contributed by atoms with van der Waals surface area (Å²) in [6.07, 6.45) is -4.89. The zero-order chi connectivity index (χ0) is 25.2. The highest BCUT2D eigenvalue weighted by molar-refractivity contribution is 5.94. The molecule has 0 aliphatic carbocycles. The SMILES string of the molecule is CCc1cccc2nc(-c3ccc(Cc4ccc(OC(F)(F)F)cc4)cc3)c(C)c(OC(=O)O)c12. The van der Waals surface area contributed by atoms with Crippen LogP contribution in [-0.2, 0) is 12.8 Å². The predicted molar refractivity (Wildman–Crippen MR) is 126 cm³/mol. The van der Waals surface area contributed by atoms with Crippen molar-refractivity contribution in [2.45, 2.75) is 33.1 Å². The lowest BCUT2D eigenvalue weighted by molar-refractivity contribution is -0.274. The number of fused-ring (bicyclic) bond motifs is 1. The third kappa shape index (κ3) is 5.54. The van der Waals surface area contributed by atoms with Crippen LogP contribution >= 0.6 is 0 Å². The van der Waals surface area contributed by atoms with E-state index in [4.69, 9.17) is 9.72 Å². The van der Waals surface area contributed by atoms with E-state index in [9.17, 15) is 23.1 Å². The molecule has 4 rings (SSSR count). The molecule has 1 heterocycles. The first kappa shape index (κ1) is 24.1. The van der Waals surface area contributed by atoms with E-state index in [1.54, 1.807) is 19.1 Å². The summed E-state index contributed by atoms with van der Waals surface area (Å²) in [6.45, 7) is 3.77. The van der Waals surface area contributed by atoms with Gasteiger partial charge in [0.15, 0.2) is 0 Å². The van der Waals surface area contributed by atoms with Crippen LogP contribution < -0.4 is 9.47 Å². The average molecular weight is 481 g/mol. The van der Waals surface area contributed by atoms with Gasteiger partial charge < -0.3 is 14.6 Å². The van der Waals surface area contributed by atoms with E-state index in [1.165, 1.54) is 12.1 Å². The summed E-state index contributed by atoms with van der Waals surface area (Å²) in [6, 6.07) is 18.9. The monoisotopic (exact) mass is 481 g/mol. The van der Waals surface area contributed by atoms with Crippen LogP contribution in [0.15, 0.2) is 66.7 Å². The van der Waals surface area contributed by atoms with E-state index in [-0.39, 0.29) is 11.5 Å². The minimum atomic E-state index is -4.72. The van der Waals surface area contributed by atoms with E-state index < -0.39 is 12.5 Å². The summed E-state index contributed by atoms with van der Waals surface area (Å²) in [5.41, 5.74) is 5.40. The van der Waals surface area contributed by atoms with Crippen LogP contribution in [0.4, 0.5) is 18.0 Å². The number of nitrogens with zero attached hydrogens (tertiary/aromatic N) is 1. The second kappa shape index (κ2) is 9.66. The Morgan fingerprint density at radius 1 is 0.971 bits per heavy atom. The van der Waals surface area contributed by atoms with Gasteiger partial charge in [-0.05, 0) is 54.7 Å². The first-order valence-corrected chi connectivity index (χ1v) is 10.9. The molecule has 4 aromatic rings. The summed E-state index contributed by atoms with van der Waals surface area (Å²) >= 11 is 0. The lowest BCUT2D eigenvalue weighted by atomic mass is 9.97. The second-order valence-electron chi connectivity index (χ2n) is 8.01. The summed E-state index contributed by atoms with van der Waals surface area (Å²) in [5.74, 6) is 0.0141. The number of rotatable bonds is 6. The number of ether oxygens (including phenoxy) is 2. The highest BCUT2D eigenvalue weighted by Crippen LogP contribution is 2.37. The van der Waals surface area contributed by atoms with Crippen molar-refractivity contribution in [3.63, 3.8) is 0 Å². The molecule has 5 nitrogen and oxygen atoms in total. The number of hydrogen-bond donors (Lipinski definition) is 1. The molecular weight excluding hydrogens is 459 g/mol. The molecule has 0 amide bonds. The third-order valence-corrected chi connectivity index (χ3v) is 5.65. The molecule has 0 aliphatic heterocycles. The van der Waals surface area contributed by atoms with E-state index in [2.05, 4.69) is 4.74 Å².